The van der Waals surface area contributed by atoms with Crippen molar-refractivity contribution in [2.45, 2.75) is 210 Å². The Bertz CT molecular complexity index is 1560. The molecule has 10 nitrogen and oxygen atoms in total. The summed E-state index contributed by atoms with van der Waals surface area (Å²) in [5.41, 5.74) is -5.22. The molecule has 0 aromatic carbocycles. The molecule has 0 N–H and O–H groups in total. The minimum absolute atomic E-state index is 0.0785. The zero-order valence-electron chi connectivity index (χ0n) is 43.4. The van der Waals surface area contributed by atoms with Gasteiger partial charge in [-0.05, 0) is 194 Å². The van der Waals surface area contributed by atoms with Crippen molar-refractivity contribution in [1.29, 1.82) is 0 Å². The molecule has 0 aliphatic carbocycles. The summed E-state index contributed by atoms with van der Waals surface area (Å²) < 4.78 is 29.8. The Morgan fingerprint density at radius 3 is 1.53 bits per heavy atom. The first-order valence-electron chi connectivity index (χ1n) is 25.7. The van der Waals surface area contributed by atoms with E-state index in [4.69, 9.17) is 23.7 Å². The molecular weight excluding hydrogens is 833 g/mol. The van der Waals surface area contributed by atoms with Gasteiger partial charge < -0.3 is 23.7 Å². The Morgan fingerprint density at radius 2 is 1.05 bits per heavy atom. The van der Waals surface area contributed by atoms with E-state index in [1.54, 1.807) is 0 Å². The van der Waals surface area contributed by atoms with Gasteiger partial charge in [0.2, 0.25) is 0 Å². The monoisotopic (exact) mass is 927 g/mol. The molecule has 0 bridgehead atoms. The van der Waals surface area contributed by atoms with Gasteiger partial charge in [-0.15, -0.1) is 19.7 Å². The Hall–Kier alpha value is -3.43. The van der Waals surface area contributed by atoms with Gasteiger partial charge in [-0.25, -0.2) is 0 Å². The summed E-state index contributed by atoms with van der Waals surface area (Å²) in [7, 11) is 0. The number of hydrogen-bond donors (Lipinski definition) is 0. The van der Waals surface area contributed by atoms with Crippen molar-refractivity contribution in [3.63, 3.8) is 0 Å². The molecule has 0 aromatic rings. The summed E-state index contributed by atoms with van der Waals surface area (Å²) in [5.74, 6) is -1.39. The number of ether oxygens (including phenoxy) is 5. The van der Waals surface area contributed by atoms with Crippen molar-refractivity contribution in [2.24, 2.45) is 44.3 Å². The average molecular weight is 927 g/mol. The van der Waals surface area contributed by atoms with Crippen LogP contribution in [0, 0.1) is 44.3 Å². The smallest absolute Gasteiger partial charge is 0.311 e. The molecule has 2 aliphatic heterocycles. The predicted molar refractivity (Wildman–Crippen MR) is 264 cm³/mol. The fourth-order valence-corrected chi connectivity index (χ4v) is 11.4. The first-order valence-corrected chi connectivity index (χ1v) is 25.7. The Kier molecular flexibility index (Phi) is 25.0. The third-order valence-electron chi connectivity index (χ3n) is 14.4. The minimum atomic E-state index is -1.15. The van der Waals surface area contributed by atoms with Gasteiger partial charge in [0, 0.05) is 0 Å². The van der Waals surface area contributed by atoms with Crippen LogP contribution in [0.5, 0.6) is 0 Å². The number of cyclic esters (lactones) is 2. The fourth-order valence-electron chi connectivity index (χ4n) is 11.4. The van der Waals surface area contributed by atoms with Crippen molar-refractivity contribution < 1.29 is 47.7 Å². The molecule has 2 saturated heterocycles. The van der Waals surface area contributed by atoms with Gasteiger partial charge in [-0.1, -0.05) is 51.8 Å². The van der Waals surface area contributed by atoms with Crippen molar-refractivity contribution in [3.8, 4) is 0 Å². The van der Waals surface area contributed by atoms with Gasteiger partial charge in [0.15, 0.2) is 0 Å². The Labute approximate surface area is 401 Å². The lowest BCUT2D eigenvalue weighted by molar-refractivity contribution is -0.168. The van der Waals surface area contributed by atoms with E-state index < -0.39 is 32.5 Å². The number of carbonyl (C=O) groups excluding carboxylic acids is 5. The molecule has 0 amide bonds. The van der Waals surface area contributed by atoms with Gasteiger partial charge in [-0.3, -0.25) is 24.0 Å². The molecule has 6 atom stereocenters. The van der Waals surface area contributed by atoms with E-state index in [1.807, 2.05) is 66.7 Å². The maximum atomic E-state index is 14.9. The van der Waals surface area contributed by atoms with Crippen LogP contribution < -0.4 is 0 Å². The van der Waals surface area contributed by atoms with Crippen molar-refractivity contribution in [3.05, 3.63) is 38.0 Å². The Balaban J connectivity index is 2.63. The molecular formula is C56H94O10. The standard InChI is InChI=1S/C56H94O10/c1-13-17-20-25-32-62-46(57)52(7,8)41-51(5,6)42-56(12,50(61)66-34-27-22-19-15-3)43-55(11,49(60)65-33-26-21-18-14-2)40-45-31-24-29-36-64-48(59)54(10,39-45)38-44-30-23-28-35-63-47(58)53(9,16-4)37-44/h13-15,44-45H,1-3,16-43H2,4-12H3/t44?,45?,53?,54?,55-,56?/m1/s1. The van der Waals surface area contributed by atoms with Gasteiger partial charge in [0.1, 0.15) is 0 Å². The van der Waals surface area contributed by atoms with E-state index in [1.165, 1.54) is 0 Å². The highest BCUT2D eigenvalue weighted by molar-refractivity contribution is 5.81. The number of allylic oxidation sites excluding steroid dienone is 3. The molecule has 66 heavy (non-hydrogen) atoms. The molecule has 0 spiro atoms. The molecule has 2 fully saturated rings. The fraction of sp³-hybridized carbons (Fsp3) is 0.804. The normalized spacial score (nSPS) is 24.1. The van der Waals surface area contributed by atoms with Crippen LogP contribution in [-0.2, 0) is 47.7 Å². The van der Waals surface area contributed by atoms with Crippen LogP contribution in [-0.4, -0.2) is 62.9 Å². The maximum Gasteiger partial charge on any atom is 0.311 e. The summed E-state index contributed by atoms with van der Waals surface area (Å²) >= 11 is 0. The second-order valence-electron chi connectivity index (χ2n) is 22.7. The van der Waals surface area contributed by atoms with Gasteiger partial charge in [-0.2, -0.15) is 0 Å². The molecule has 5 unspecified atom stereocenters. The predicted octanol–water partition coefficient (Wildman–Crippen LogP) is 13.6. The van der Waals surface area contributed by atoms with E-state index in [0.29, 0.717) is 84.0 Å². The van der Waals surface area contributed by atoms with E-state index in [9.17, 15) is 24.0 Å². The lowest BCUT2D eigenvalue weighted by atomic mass is 9.60. The largest absolute Gasteiger partial charge is 0.465 e. The molecule has 378 valence electrons. The molecule has 0 saturated carbocycles. The molecule has 0 aromatic heterocycles. The molecule has 2 rings (SSSR count). The third-order valence-corrected chi connectivity index (χ3v) is 14.4. The van der Waals surface area contributed by atoms with Gasteiger partial charge in [0.25, 0.3) is 0 Å². The van der Waals surface area contributed by atoms with Crippen LogP contribution in [0.1, 0.15) is 210 Å². The number of esters is 5. The minimum Gasteiger partial charge on any atom is -0.465 e. The zero-order chi connectivity index (χ0) is 49.5. The Morgan fingerprint density at radius 1 is 0.606 bits per heavy atom. The first kappa shape index (κ1) is 58.7. The topological polar surface area (TPSA) is 132 Å². The SMILES string of the molecule is C=CCCCCOC(=O)C(C)(C)CC(C)(C)CC(C)(C[C@@](C)(CC1CCCCOC(=O)C(C)(CC2CCCCOC(=O)C(C)(CC)C2)C1)C(=O)OCCCCC=C)C(=O)OCCCCC=C. The molecule has 2 aliphatic rings. The molecule has 10 heteroatoms. The van der Waals surface area contributed by atoms with E-state index in [-0.39, 0.29) is 61.3 Å². The van der Waals surface area contributed by atoms with Gasteiger partial charge in [0.05, 0.1) is 60.1 Å². The summed E-state index contributed by atoms with van der Waals surface area (Å²) in [6.07, 6.45) is 21.3. The lowest BCUT2D eigenvalue weighted by Gasteiger charge is -2.44. The van der Waals surface area contributed by atoms with Crippen LogP contribution >= 0.6 is 0 Å². The second-order valence-corrected chi connectivity index (χ2v) is 22.7. The quantitative estimate of drug-likeness (QED) is 0.0309. The summed E-state index contributed by atoms with van der Waals surface area (Å²) in [6, 6.07) is 0. The summed E-state index contributed by atoms with van der Waals surface area (Å²) in [4.78, 5) is 70.7. The third kappa shape index (κ3) is 19.7. The number of hydrogen-bond acceptors (Lipinski definition) is 10. The first-order chi connectivity index (χ1) is 31.0. The second kappa shape index (κ2) is 28.2. The van der Waals surface area contributed by atoms with Crippen molar-refractivity contribution in [2.75, 3.05) is 33.0 Å². The highest BCUT2D eigenvalue weighted by atomic mass is 16.5. The summed E-state index contributed by atoms with van der Waals surface area (Å²) in [5, 5.41) is 0. The van der Waals surface area contributed by atoms with Crippen LogP contribution in [0.4, 0.5) is 0 Å². The number of rotatable bonds is 29. The lowest BCUT2D eigenvalue weighted by Crippen LogP contribution is -2.45. The number of carbonyl (C=O) groups is 5. The van der Waals surface area contributed by atoms with E-state index in [0.717, 1.165) is 77.0 Å². The van der Waals surface area contributed by atoms with E-state index >= 15 is 0 Å². The van der Waals surface area contributed by atoms with Gasteiger partial charge >= 0.3 is 29.8 Å². The van der Waals surface area contributed by atoms with E-state index in [2.05, 4.69) is 33.6 Å². The highest BCUT2D eigenvalue weighted by Gasteiger charge is 2.52. The van der Waals surface area contributed by atoms with Crippen LogP contribution in [0.2, 0.25) is 0 Å². The van der Waals surface area contributed by atoms with Crippen LogP contribution in [0.3, 0.4) is 0 Å². The molecule has 2 heterocycles. The number of unbranched alkanes of at least 4 members (excludes halogenated alkanes) is 6. The van der Waals surface area contributed by atoms with Crippen LogP contribution in [0.15, 0.2) is 38.0 Å². The average Bonchev–Trinajstić information content (AvgIpc) is 3.34. The molecule has 0 radical (unpaired) electrons. The highest BCUT2D eigenvalue weighted by Crippen LogP contribution is 2.52. The zero-order valence-corrected chi connectivity index (χ0v) is 43.4. The van der Waals surface area contributed by atoms with Crippen molar-refractivity contribution in [1.82, 2.24) is 0 Å². The van der Waals surface area contributed by atoms with Crippen molar-refractivity contribution >= 4 is 29.8 Å². The summed E-state index contributed by atoms with van der Waals surface area (Å²) in [6.45, 7) is 30.9. The maximum absolute atomic E-state index is 14.9. The van der Waals surface area contributed by atoms with Crippen LogP contribution in [0.25, 0.3) is 0 Å².